The summed E-state index contributed by atoms with van der Waals surface area (Å²) in [6, 6.07) is 0. The van der Waals surface area contributed by atoms with E-state index < -0.39 is 13.1 Å². The van der Waals surface area contributed by atoms with E-state index in [0.717, 1.165) is 0 Å². The van der Waals surface area contributed by atoms with E-state index in [4.69, 9.17) is 4.52 Å². The lowest BCUT2D eigenvalue weighted by molar-refractivity contribution is 0.186. The lowest BCUT2D eigenvalue weighted by Gasteiger charge is -2.12. The second-order valence-electron chi connectivity index (χ2n) is 3.01. The molecule has 0 aliphatic rings. The highest BCUT2D eigenvalue weighted by Crippen LogP contribution is 2.44. The van der Waals surface area contributed by atoms with E-state index in [1.54, 1.807) is 0 Å². The second kappa shape index (κ2) is 4.63. The molecule has 0 saturated heterocycles. The molecule has 12 heavy (non-hydrogen) atoms. The van der Waals surface area contributed by atoms with Gasteiger partial charge in [0, 0.05) is 6.66 Å². The highest BCUT2D eigenvalue weighted by atomic mass is 31.2. The van der Waals surface area contributed by atoms with Crippen LogP contribution in [0.25, 0.3) is 0 Å². The van der Waals surface area contributed by atoms with E-state index in [0.29, 0.717) is 6.61 Å². The van der Waals surface area contributed by atoms with Gasteiger partial charge in [0.2, 0.25) is 0 Å². The second-order valence-corrected chi connectivity index (χ2v) is 5.32. The van der Waals surface area contributed by atoms with Crippen molar-refractivity contribution in [3.8, 4) is 0 Å². The van der Waals surface area contributed by atoms with Gasteiger partial charge in [-0.2, -0.15) is 0 Å². The number of ether oxygens (including phenoxy) is 1. The van der Waals surface area contributed by atoms with Crippen molar-refractivity contribution >= 4 is 13.1 Å². The summed E-state index contributed by atoms with van der Waals surface area (Å²) in [6.07, 6.45) is 0. The first-order valence-electron chi connectivity index (χ1n) is 3.70. The van der Waals surface area contributed by atoms with Crippen molar-refractivity contribution in [1.82, 2.24) is 0 Å². The molecule has 0 aromatic carbocycles. The summed E-state index contributed by atoms with van der Waals surface area (Å²) in [5, 5.41) is 0. The first-order chi connectivity index (χ1) is 5.40. The van der Waals surface area contributed by atoms with Crippen molar-refractivity contribution in [2.75, 3.05) is 20.4 Å². The van der Waals surface area contributed by atoms with Crippen LogP contribution >= 0.6 is 7.37 Å². The Labute approximate surface area is 72.7 Å². The minimum atomic E-state index is -3.20. The van der Waals surface area contributed by atoms with Gasteiger partial charge < -0.3 is 9.26 Å². The third kappa shape index (κ3) is 3.88. The molecule has 0 radical (unpaired) electrons. The average Bonchev–Trinajstić information content (AvgIpc) is 1.99. The largest absolute Gasteiger partial charge is 0.462 e. The Kier molecular flexibility index (Phi) is 4.50. The molecule has 0 bridgehead atoms. The fourth-order valence-electron chi connectivity index (χ4n) is 0.510. The molecule has 0 rings (SSSR count). The van der Waals surface area contributed by atoms with Crippen LogP contribution < -0.4 is 0 Å². The maximum absolute atomic E-state index is 11.4. The maximum atomic E-state index is 11.4. The standard InChI is InChI=1S/C7H15O4P/c1-6(2)5-11-12(4,9)7(8)10-3/h6H,5H2,1-4H3. The minimum absolute atomic E-state index is 0.253. The molecule has 0 N–H and O–H groups in total. The molecule has 1 unspecified atom stereocenters. The molecule has 5 heteroatoms. The van der Waals surface area contributed by atoms with Crippen LogP contribution in [0.4, 0.5) is 4.79 Å². The summed E-state index contributed by atoms with van der Waals surface area (Å²) in [7, 11) is -2.01. The van der Waals surface area contributed by atoms with Crippen molar-refractivity contribution in [3.05, 3.63) is 0 Å². The zero-order valence-corrected chi connectivity index (χ0v) is 8.76. The van der Waals surface area contributed by atoms with Gasteiger partial charge in [-0.3, -0.25) is 4.57 Å². The molecule has 0 amide bonds. The van der Waals surface area contributed by atoms with E-state index in [1.807, 2.05) is 13.8 Å². The maximum Gasteiger partial charge on any atom is 0.390 e. The van der Waals surface area contributed by atoms with Crippen LogP contribution in [0.2, 0.25) is 0 Å². The van der Waals surface area contributed by atoms with Gasteiger partial charge >= 0.3 is 13.1 Å². The Balaban J connectivity index is 4.05. The molecule has 0 aliphatic carbocycles. The van der Waals surface area contributed by atoms with Crippen LogP contribution in [0, 0.1) is 5.92 Å². The minimum Gasteiger partial charge on any atom is -0.462 e. The van der Waals surface area contributed by atoms with Gasteiger partial charge in [-0.05, 0) is 5.92 Å². The first kappa shape index (κ1) is 11.7. The average molecular weight is 194 g/mol. The highest BCUT2D eigenvalue weighted by molar-refractivity contribution is 7.74. The molecule has 0 spiro atoms. The Morgan fingerprint density at radius 3 is 2.33 bits per heavy atom. The van der Waals surface area contributed by atoms with E-state index in [-0.39, 0.29) is 5.92 Å². The molecule has 1 atom stereocenters. The van der Waals surface area contributed by atoms with E-state index in [9.17, 15) is 9.36 Å². The molecular weight excluding hydrogens is 179 g/mol. The number of rotatable bonds is 4. The molecule has 0 aliphatic heterocycles. The highest BCUT2D eigenvalue weighted by Gasteiger charge is 2.28. The summed E-state index contributed by atoms with van der Waals surface area (Å²) in [6.45, 7) is 5.40. The fraction of sp³-hybridized carbons (Fsp3) is 0.857. The number of carbonyl (C=O) groups excluding carboxylic acids is 1. The van der Waals surface area contributed by atoms with Crippen LogP contribution in [-0.4, -0.2) is 26.1 Å². The van der Waals surface area contributed by atoms with Crippen molar-refractivity contribution in [2.24, 2.45) is 5.92 Å². The van der Waals surface area contributed by atoms with Crippen LogP contribution in [-0.2, 0) is 13.8 Å². The lowest BCUT2D eigenvalue weighted by atomic mass is 10.2. The summed E-state index contributed by atoms with van der Waals surface area (Å²) < 4.78 is 20.6. The quantitative estimate of drug-likeness (QED) is 0.644. The Bertz CT molecular complexity index is 200. The predicted molar refractivity (Wildman–Crippen MR) is 46.7 cm³/mol. The molecule has 0 fully saturated rings. The van der Waals surface area contributed by atoms with Crippen molar-refractivity contribution in [2.45, 2.75) is 13.8 Å². The van der Waals surface area contributed by atoms with Gasteiger partial charge in [-0.25, -0.2) is 4.79 Å². The molecule has 0 saturated carbocycles. The van der Waals surface area contributed by atoms with Gasteiger partial charge in [0.25, 0.3) is 0 Å². The molecule has 0 heterocycles. The Hall–Kier alpha value is -0.340. The summed E-state index contributed by atoms with van der Waals surface area (Å²) in [5.74, 6) is 0.253. The number of carbonyl (C=O) groups is 1. The van der Waals surface area contributed by atoms with Crippen molar-refractivity contribution in [3.63, 3.8) is 0 Å². The lowest BCUT2D eigenvalue weighted by Crippen LogP contribution is -2.06. The van der Waals surface area contributed by atoms with Gasteiger partial charge in [-0.15, -0.1) is 0 Å². The van der Waals surface area contributed by atoms with E-state index in [1.165, 1.54) is 13.8 Å². The normalized spacial score (nSPS) is 15.8. The first-order valence-corrected chi connectivity index (χ1v) is 5.78. The van der Waals surface area contributed by atoms with Crippen LogP contribution in [0.15, 0.2) is 0 Å². The van der Waals surface area contributed by atoms with Crippen LogP contribution in [0.3, 0.4) is 0 Å². The van der Waals surface area contributed by atoms with E-state index in [2.05, 4.69) is 4.74 Å². The summed E-state index contributed by atoms with van der Waals surface area (Å²) >= 11 is 0. The third-order valence-electron chi connectivity index (χ3n) is 1.16. The predicted octanol–water partition coefficient (Wildman–Crippen LogP) is 2.33. The molecule has 0 aromatic rings. The number of methoxy groups -OCH3 is 1. The van der Waals surface area contributed by atoms with Crippen molar-refractivity contribution in [1.29, 1.82) is 0 Å². The Morgan fingerprint density at radius 2 is 2.00 bits per heavy atom. The zero-order valence-electron chi connectivity index (χ0n) is 7.86. The van der Waals surface area contributed by atoms with E-state index >= 15 is 0 Å². The Morgan fingerprint density at radius 1 is 1.50 bits per heavy atom. The van der Waals surface area contributed by atoms with Gasteiger partial charge in [0.05, 0.1) is 13.7 Å². The van der Waals surface area contributed by atoms with Gasteiger partial charge in [-0.1, -0.05) is 13.8 Å². The molecular formula is C7H15O4P. The SMILES string of the molecule is COC(=O)P(C)(=O)OCC(C)C. The fourth-order valence-corrected chi connectivity index (χ4v) is 1.53. The smallest absolute Gasteiger partial charge is 0.390 e. The molecule has 0 aromatic heterocycles. The summed E-state index contributed by atoms with van der Waals surface area (Å²) in [4.78, 5) is 10.8. The zero-order chi connectivity index (χ0) is 9.78. The van der Waals surface area contributed by atoms with Gasteiger partial charge in [0.1, 0.15) is 0 Å². The summed E-state index contributed by atoms with van der Waals surface area (Å²) in [5.41, 5.74) is -0.775. The molecule has 4 nitrogen and oxygen atoms in total. The molecule has 72 valence electrons. The van der Waals surface area contributed by atoms with Crippen LogP contribution in [0.1, 0.15) is 13.8 Å². The monoisotopic (exact) mass is 194 g/mol. The van der Waals surface area contributed by atoms with Gasteiger partial charge in [0.15, 0.2) is 0 Å². The van der Waals surface area contributed by atoms with Crippen LogP contribution in [0.5, 0.6) is 0 Å². The topological polar surface area (TPSA) is 52.6 Å². The number of hydrogen-bond donors (Lipinski definition) is 0. The number of hydrogen-bond acceptors (Lipinski definition) is 4. The van der Waals surface area contributed by atoms with Crippen molar-refractivity contribution < 1.29 is 18.6 Å². The third-order valence-corrected chi connectivity index (χ3v) is 2.65.